The fourth-order valence-corrected chi connectivity index (χ4v) is 5.80. The molecule has 0 saturated heterocycles. The second-order valence-corrected chi connectivity index (χ2v) is 9.57. The van der Waals surface area contributed by atoms with Gasteiger partial charge < -0.3 is 0 Å². The van der Waals surface area contributed by atoms with Gasteiger partial charge in [0.05, 0.1) is 0 Å². The van der Waals surface area contributed by atoms with E-state index >= 15 is 0 Å². The zero-order valence-electron chi connectivity index (χ0n) is 20.7. The van der Waals surface area contributed by atoms with Gasteiger partial charge in [0.25, 0.3) is 0 Å². The van der Waals surface area contributed by atoms with Gasteiger partial charge in [-0.15, -0.1) is 0 Å². The molecule has 0 saturated carbocycles. The smallest absolute Gasteiger partial charge is 0.138 e. The molecular formula is C34H18N4. The zero-order valence-corrected chi connectivity index (χ0v) is 20.7. The molecule has 4 aromatic rings. The predicted octanol–water partition coefficient (Wildman–Crippen LogP) is 7.63. The second kappa shape index (κ2) is 8.47. The molecule has 0 spiro atoms. The van der Waals surface area contributed by atoms with E-state index < -0.39 is 0 Å². The summed E-state index contributed by atoms with van der Waals surface area (Å²) in [4.78, 5) is 0. The number of nitrogens with zero attached hydrogens (tertiary/aromatic N) is 4. The van der Waals surface area contributed by atoms with Gasteiger partial charge in [-0.25, -0.2) is 0 Å². The molecule has 2 aliphatic carbocycles. The standard InChI is InChI=1S/C34H18N4/c1-19-9-20(2)11-22(10-19)21-7-8-26-29-14-31-28(13-32(29)34(30(26)12-21)24(17-37)18-38)25-5-3-4-6-27(25)33(31)23(15-35)16-36/h3-14H,1-2H3. The van der Waals surface area contributed by atoms with E-state index in [0.29, 0.717) is 11.1 Å². The molecule has 0 fully saturated rings. The highest BCUT2D eigenvalue weighted by Crippen LogP contribution is 2.53. The van der Waals surface area contributed by atoms with Gasteiger partial charge in [0.1, 0.15) is 35.4 Å². The molecule has 0 amide bonds. The normalized spacial score (nSPS) is 11.7. The quantitative estimate of drug-likeness (QED) is 0.225. The summed E-state index contributed by atoms with van der Waals surface area (Å²) in [5, 5.41) is 39.3. The maximum atomic E-state index is 9.92. The molecule has 4 heteroatoms. The lowest BCUT2D eigenvalue weighted by Gasteiger charge is -2.09. The third-order valence-electron chi connectivity index (χ3n) is 7.26. The van der Waals surface area contributed by atoms with Crippen LogP contribution in [0.25, 0.3) is 44.5 Å². The molecule has 0 bridgehead atoms. The molecule has 2 aliphatic rings. The van der Waals surface area contributed by atoms with Crippen molar-refractivity contribution in [3.05, 3.63) is 117 Å². The molecule has 0 aromatic heterocycles. The molecular weight excluding hydrogens is 464 g/mol. The summed E-state index contributed by atoms with van der Waals surface area (Å²) in [5.74, 6) is 0. The van der Waals surface area contributed by atoms with E-state index in [-0.39, 0.29) is 11.1 Å². The first-order chi connectivity index (χ1) is 18.5. The Hall–Kier alpha value is -5.68. The Labute approximate surface area is 220 Å². The van der Waals surface area contributed by atoms with Gasteiger partial charge in [0.2, 0.25) is 0 Å². The monoisotopic (exact) mass is 482 g/mol. The lowest BCUT2D eigenvalue weighted by Crippen LogP contribution is -1.91. The third kappa shape index (κ3) is 3.20. The van der Waals surface area contributed by atoms with Crippen molar-refractivity contribution in [2.45, 2.75) is 13.8 Å². The summed E-state index contributed by atoms with van der Waals surface area (Å²) in [6.45, 7) is 4.13. The average molecular weight is 483 g/mol. The molecule has 0 aliphatic heterocycles. The summed E-state index contributed by atoms with van der Waals surface area (Å²) < 4.78 is 0. The van der Waals surface area contributed by atoms with E-state index in [4.69, 9.17) is 0 Å². The van der Waals surface area contributed by atoms with Crippen LogP contribution in [0.5, 0.6) is 0 Å². The van der Waals surface area contributed by atoms with Crippen LogP contribution in [0.1, 0.15) is 33.4 Å². The Balaban J connectivity index is 1.67. The van der Waals surface area contributed by atoms with Crippen LogP contribution < -0.4 is 0 Å². The van der Waals surface area contributed by atoms with E-state index in [0.717, 1.165) is 66.8 Å². The molecule has 38 heavy (non-hydrogen) atoms. The second-order valence-electron chi connectivity index (χ2n) is 9.57. The number of benzene rings is 4. The molecule has 0 heterocycles. The predicted molar refractivity (Wildman–Crippen MR) is 147 cm³/mol. The minimum atomic E-state index is 0.0549. The van der Waals surface area contributed by atoms with E-state index in [9.17, 15) is 21.0 Å². The third-order valence-corrected chi connectivity index (χ3v) is 7.26. The Kier molecular flexibility index (Phi) is 5.07. The minimum Gasteiger partial charge on any atom is -0.192 e. The van der Waals surface area contributed by atoms with Crippen molar-refractivity contribution in [2.75, 3.05) is 0 Å². The summed E-state index contributed by atoms with van der Waals surface area (Å²) in [6.07, 6.45) is 0. The molecule has 0 N–H and O–H groups in total. The Morgan fingerprint density at radius 3 is 1.47 bits per heavy atom. The van der Waals surface area contributed by atoms with Gasteiger partial charge in [0, 0.05) is 11.1 Å². The first-order valence-electron chi connectivity index (χ1n) is 12.1. The molecule has 174 valence electrons. The molecule has 4 aromatic carbocycles. The molecule has 0 radical (unpaired) electrons. The van der Waals surface area contributed by atoms with Crippen molar-refractivity contribution < 1.29 is 0 Å². The zero-order chi connectivity index (χ0) is 26.6. The van der Waals surface area contributed by atoms with Crippen LogP contribution in [0.15, 0.2) is 83.9 Å². The number of hydrogen-bond acceptors (Lipinski definition) is 4. The van der Waals surface area contributed by atoms with Gasteiger partial charge in [-0.1, -0.05) is 65.7 Å². The number of allylic oxidation sites excluding steroid dienone is 2. The first-order valence-corrected chi connectivity index (χ1v) is 12.1. The summed E-state index contributed by atoms with van der Waals surface area (Å²) >= 11 is 0. The lowest BCUT2D eigenvalue weighted by molar-refractivity contribution is 1.38. The van der Waals surface area contributed by atoms with E-state index in [2.05, 4.69) is 68.5 Å². The first kappa shape index (κ1) is 22.8. The van der Waals surface area contributed by atoms with Crippen molar-refractivity contribution in [3.63, 3.8) is 0 Å². The number of nitriles is 4. The molecule has 4 nitrogen and oxygen atoms in total. The van der Waals surface area contributed by atoms with Crippen molar-refractivity contribution in [1.82, 2.24) is 0 Å². The molecule has 0 atom stereocenters. The Bertz CT molecular complexity index is 1920. The van der Waals surface area contributed by atoms with Gasteiger partial charge in [-0.05, 0) is 87.7 Å². The van der Waals surface area contributed by atoms with Gasteiger partial charge >= 0.3 is 0 Å². The number of aryl methyl sites for hydroxylation is 2. The van der Waals surface area contributed by atoms with Crippen molar-refractivity contribution in [2.24, 2.45) is 0 Å². The maximum Gasteiger partial charge on any atom is 0.138 e. The largest absolute Gasteiger partial charge is 0.192 e. The highest BCUT2D eigenvalue weighted by Gasteiger charge is 2.33. The van der Waals surface area contributed by atoms with E-state index in [1.54, 1.807) is 0 Å². The van der Waals surface area contributed by atoms with Crippen LogP contribution in [0.4, 0.5) is 0 Å². The van der Waals surface area contributed by atoms with Crippen LogP contribution in [-0.4, -0.2) is 0 Å². The highest BCUT2D eigenvalue weighted by molar-refractivity contribution is 6.11. The number of hydrogen-bond donors (Lipinski definition) is 0. The highest BCUT2D eigenvalue weighted by atomic mass is 14.4. The van der Waals surface area contributed by atoms with Crippen molar-refractivity contribution >= 4 is 11.1 Å². The Morgan fingerprint density at radius 2 is 0.921 bits per heavy atom. The lowest BCUT2D eigenvalue weighted by atomic mass is 9.93. The summed E-state index contributed by atoms with van der Waals surface area (Å²) in [7, 11) is 0. The minimum absolute atomic E-state index is 0.0549. The van der Waals surface area contributed by atoms with E-state index in [1.807, 2.05) is 42.5 Å². The summed E-state index contributed by atoms with van der Waals surface area (Å²) in [6, 6.07) is 32.6. The topological polar surface area (TPSA) is 95.2 Å². The number of rotatable bonds is 1. The van der Waals surface area contributed by atoms with Crippen molar-refractivity contribution in [1.29, 1.82) is 21.0 Å². The van der Waals surface area contributed by atoms with Gasteiger partial charge in [0.15, 0.2) is 0 Å². The van der Waals surface area contributed by atoms with Gasteiger partial charge in [-0.2, -0.15) is 21.0 Å². The van der Waals surface area contributed by atoms with Crippen LogP contribution in [0.3, 0.4) is 0 Å². The average Bonchev–Trinajstić information content (AvgIpc) is 3.41. The van der Waals surface area contributed by atoms with Crippen LogP contribution in [-0.2, 0) is 0 Å². The SMILES string of the molecule is Cc1cc(C)cc(-c2ccc3c(c2)C(=C(C#N)C#N)c2cc4c(cc2-3)C(=C(C#N)C#N)c2ccccc2-4)c1. The fourth-order valence-electron chi connectivity index (χ4n) is 5.80. The van der Waals surface area contributed by atoms with Crippen molar-refractivity contribution in [3.8, 4) is 57.7 Å². The van der Waals surface area contributed by atoms with Crippen LogP contribution in [0, 0.1) is 59.2 Å². The van der Waals surface area contributed by atoms with Gasteiger partial charge in [-0.3, -0.25) is 0 Å². The van der Waals surface area contributed by atoms with Crippen LogP contribution >= 0.6 is 0 Å². The molecule has 0 unspecified atom stereocenters. The Morgan fingerprint density at radius 1 is 0.447 bits per heavy atom. The fraction of sp³-hybridized carbons (Fsp3) is 0.0588. The summed E-state index contributed by atoms with van der Waals surface area (Å²) in [5.41, 5.74) is 12.6. The van der Waals surface area contributed by atoms with E-state index in [1.165, 1.54) is 0 Å². The molecule has 6 rings (SSSR count). The number of fused-ring (bicyclic) bond motifs is 6. The van der Waals surface area contributed by atoms with Crippen LogP contribution in [0.2, 0.25) is 0 Å². The maximum absolute atomic E-state index is 9.92.